The van der Waals surface area contributed by atoms with Gasteiger partial charge in [0.1, 0.15) is 0 Å². The molecule has 0 aliphatic heterocycles. The van der Waals surface area contributed by atoms with E-state index in [0.717, 1.165) is 0 Å². The van der Waals surface area contributed by atoms with Gasteiger partial charge in [0.15, 0.2) is 0 Å². The predicted molar refractivity (Wildman–Crippen MR) is 89.4 cm³/mol. The topological polar surface area (TPSA) is 428 Å². The summed E-state index contributed by atoms with van der Waals surface area (Å²) in [6.07, 6.45) is 0. The van der Waals surface area contributed by atoms with E-state index in [9.17, 15) is 0 Å². The normalized spacial score (nSPS) is 0.837. The molecule has 0 bridgehead atoms. The zero-order valence-corrected chi connectivity index (χ0v) is 31.6. The molecule has 0 unspecified atom stereocenters. The Morgan fingerprint density at radius 1 is 0.116 bits per heavy atom. The molecule has 0 spiro atoms. The number of rotatable bonds is 0. The summed E-state index contributed by atoms with van der Waals surface area (Å²) >= 11 is 0. The maximum absolute atomic E-state index is 6.25. The molecule has 0 aliphatic carbocycles. The van der Waals surface area contributed by atoms with Gasteiger partial charge in [0.2, 0.25) is 0 Å². The van der Waals surface area contributed by atoms with Crippen LogP contribution in [0.4, 0.5) is 0 Å². The molecule has 0 atom stereocenters. The second-order valence-electron chi connectivity index (χ2n) is 0. The van der Waals surface area contributed by atoms with Crippen molar-refractivity contribution in [2.24, 2.45) is 0 Å². The summed E-state index contributed by atoms with van der Waals surface area (Å²) in [6.45, 7) is 85.5. The first-order chi connectivity index (χ1) is 18.0. The Morgan fingerprint density at radius 3 is 0.116 bits per heavy atom. The van der Waals surface area contributed by atoms with Crippen LogP contribution in [0.1, 0.15) is 0 Å². The van der Waals surface area contributed by atoms with Gasteiger partial charge in [-0.25, -0.2) is 0 Å². The fraction of sp³-hybridized carbons (Fsp3) is 0. The third-order valence-corrected chi connectivity index (χ3v) is 0. The Labute approximate surface area is 337 Å². The summed E-state index contributed by atoms with van der Waals surface area (Å²) in [5.74, 6) is 0. The monoisotopic (exact) mass is 1270 g/mol. The van der Waals surface area contributed by atoms with Crippen LogP contribution in [-0.4, -0.2) is 0 Å². The van der Waals surface area contributed by atoms with Crippen LogP contribution in [0, 0.1) is 213 Å². The second kappa shape index (κ2) is 1750. The van der Waals surface area contributed by atoms with Gasteiger partial charge in [0.05, 0.1) is 0 Å². The molecule has 0 saturated heterocycles. The molecule has 218 valence electrons. The molecule has 0 aliphatic rings. The fourth-order valence-corrected chi connectivity index (χ4v) is 0. The number of hydrogen-bond donors (Lipinski definition) is 0. The summed E-state index contributed by atoms with van der Waals surface area (Å²) < 4.78 is 0. The molecule has 0 N–H and O–H groups in total. The standard InChI is InChI=1S/18CN.4Fe.3Os/c18*1-2;;;;;;;/q18*-1;4*+3;3*+2. The van der Waals surface area contributed by atoms with Crippen molar-refractivity contribution in [3.63, 3.8) is 0 Å². The zero-order valence-electron chi connectivity index (χ0n) is 19.5. The zero-order chi connectivity index (χ0) is 36.0. The van der Waals surface area contributed by atoms with E-state index < -0.39 is 0 Å². The second-order valence-corrected chi connectivity index (χ2v) is 0. The van der Waals surface area contributed by atoms with Gasteiger partial charge in [-0.2, -0.15) is 0 Å². The van der Waals surface area contributed by atoms with Crippen LogP contribution in [0.2, 0.25) is 0 Å². The van der Waals surface area contributed by atoms with Crippen LogP contribution in [0.25, 0.3) is 0 Å². The van der Waals surface area contributed by atoms with E-state index in [1.165, 1.54) is 0 Å². The van der Waals surface area contributed by atoms with Crippen molar-refractivity contribution in [2.75, 3.05) is 0 Å². The molecule has 43 heavy (non-hydrogen) atoms. The van der Waals surface area contributed by atoms with Gasteiger partial charge in [0.25, 0.3) is 0 Å². The van der Waals surface area contributed by atoms with Crippen LogP contribution < -0.4 is 0 Å². The molecule has 0 aromatic heterocycles. The molecule has 0 saturated carbocycles. The summed E-state index contributed by atoms with van der Waals surface area (Å²) in [5.41, 5.74) is 0. The first kappa shape index (κ1) is 312. The van der Waals surface area contributed by atoms with E-state index in [1.54, 1.807) is 0 Å². The average Bonchev–Trinajstić information content (AvgIpc) is 3.13. The van der Waals surface area contributed by atoms with Crippen LogP contribution in [0.5, 0.6) is 0 Å². The molecule has 0 aromatic rings. The molecule has 0 amide bonds. The Morgan fingerprint density at radius 2 is 0.116 bits per heavy atom. The fourth-order valence-electron chi connectivity index (χ4n) is 0. The van der Waals surface area contributed by atoms with E-state index in [2.05, 4.69) is 0 Å². The Kier molecular flexibility index (Phi) is 12700. The molecule has 0 fully saturated rings. The van der Waals surface area contributed by atoms with E-state index in [1.807, 2.05) is 0 Å². The van der Waals surface area contributed by atoms with Crippen LogP contribution >= 0.6 is 0 Å². The third-order valence-electron chi connectivity index (χ3n) is 0. The molecule has 18 nitrogen and oxygen atoms in total. The average molecular weight is 1260 g/mol. The van der Waals surface area contributed by atoms with E-state index in [0.29, 0.717) is 0 Å². The Bertz CT molecular complexity index is 381. The first-order valence-electron chi connectivity index (χ1n) is 4.02. The van der Waals surface area contributed by atoms with Gasteiger partial charge in [-0.15, -0.1) is 0 Å². The first-order valence-corrected chi connectivity index (χ1v) is 4.02. The van der Waals surface area contributed by atoms with Crippen LogP contribution in [-0.2, 0) is 128 Å². The Hall–Kier alpha value is -5.19. The van der Waals surface area contributed by atoms with Crippen molar-refractivity contribution in [1.29, 1.82) is 94.7 Å². The molecule has 0 aromatic carbocycles. The van der Waals surface area contributed by atoms with Crippen molar-refractivity contribution in [1.82, 2.24) is 0 Å². The van der Waals surface area contributed by atoms with Crippen molar-refractivity contribution >= 4 is 0 Å². The van der Waals surface area contributed by atoms with Crippen molar-refractivity contribution in [2.45, 2.75) is 0 Å². The number of nitrogens with zero attached hydrogens (tertiary/aromatic N) is 18. The number of hydrogen-bond acceptors (Lipinski definition) is 18. The molecular formula is C18Fe4N18Os3. The smallest absolute Gasteiger partial charge is 0.512 e. The van der Waals surface area contributed by atoms with Gasteiger partial charge in [-0.3, -0.25) is 0 Å². The molecular weight excluding hydrogens is 1260 g/mol. The Balaban J connectivity index is -0.00000000344. The van der Waals surface area contributed by atoms with Crippen molar-refractivity contribution < 1.29 is 128 Å². The van der Waals surface area contributed by atoms with E-state index in [4.69, 9.17) is 213 Å². The van der Waals surface area contributed by atoms with Gasteiger partial charge in [-0.1, -0.05) is 0 Å². The predicted octanol–water partition coefficient (Wildman–Crippen LogP) is 1.72. The van der Waals surface area contributed by atoms with Crippen LogP contribution in [0.15, 0.2) is 0 Å². The summed E-state index contributed by atoms with van der Waals surface area (Å²) in [4.78, 5) is 0. The maximum atomic E-state index is 6.25. The molecule has 0 heterocycles. The van der Waals surface area contributed by atoms with Crippen molar-refractivity contribution in [3.05, 3.63) is 118 Å². The minimum Gasteiger partial charge on any atom is -0.512 e. The van der Waals surface area contributed by atoms with Gasteiger partial charge in [0, 0.05) is 0 Å². The summed E-state index contributed by atoms with van der Waals surface area (Å²) in [7, 11) is 0. The largest absolute Gasteiger partial charge is 3.00 e. The molecule has 0 rings (SSSR count). The minimum absolute atomic E-state index is 0. The maximum Gasteiger partial charge on any atom is 3.00 e. The van der Waals surface area contributed by atoms with Gasteiger partial charge >= 0.3 is 128 Å². The summed E-state index contributed by atoms with van der Waals surface area (Å²) in [5, 5.41) is 112. The van der Waals surface area contributed by atoms with Gasteiger partial charge < -0.3 is 213 Å². The van der Waals surface area contributed by atoms with Crippen LogP contribution in [0.3, 0.4) is 0 Å². The van der Waals surface area contributed by atoms with Crippen molar-refractivity contribution in [3.8, 4) is 0 Å². The molecule has 4 radical (unpaired) electrons. The minimum atomic E-state index is 0. The van der Waals surface area contributed by atoms with E-state index >= 15 is 0 Å². The quantitative estimate of drug-likeness (QED) is 0.246. The molecule has 25 heteroatoms. The van der Waals surface area contributed by atoms with Gasteiger partial charge in [-0.05, 0) is 0 Å². The summed E-state index contributed by atoms with van der Waals surface area (Å²) in [6, 6.07) is 0. The third kappa shape index (κ3) is 1650. The van der Waals surface area contributed by atoms with E-state index in [-0.39, 0.29) is 128 Å². The SMILES string of the molecule is [C-]#N.[C-]#N.[C-]#N.[C-]#N.[C-]#N.[C-]#N.[C-]#N.[C-]#N.[C-]#N.[C-]#N.[C-]#N.[C-]#N.[C-]#N.[C-]#N.[C-]#N.[C-]#N.[C-]#N.[C-]#N.[Fe+3].[Fe+3].[Fe+3].[Fe+3].[Os+2].[Os+2].[Os+2].